The molecule has 8 nitrogen and oxygen atoms in total. The van der Waals surface area contributed by atoms with Gasteiger partial charge in [-0.3, -0.25) is 4.79 Å². The Balaban J connectivity index is 1.83. The molecular weight excluding hydrogens is 437 g/mol. The van der Waals surface area contributed by atoms with Gasteiger partial charge in [0.2, 0.25) is 12.4 Å². The van der Waals surface area contributed by atoms with Crippen molar-refractivity contribution in [3.63, 3.8) is 0 Å². The molecule has 2 aromatic rings. The molecule has 1 aromatic carbocycles. The lowest BCUT2D eigenvalue weighted by molar-refractivity contribution is -0.119. The van der Waals surface area contributed by atoms with Crippen molar-refractivity contribution in [1.29, 1.82) is 0 Å². The number of halogens is 5. The van der Waals surface area contributed by atoms with Gasteiger partial charge in [-0.15, -0.1) is 0 Å². The number of fused-ring (bicyclic) bond motifs is 1. The highest BCUT2D eigenvalue weighted by Crippen LogP contribution is 2.36. The predicted molar refractivity (Wildman–Crippen MR) is 109 cm³/mol. The average molecular weight is 459 g/mol. The number of rotatable bonds is 9. The monoisotopic (exact) mass is 459 g/mol. The van der Waals surface area contributed by atoms with E-state index in [1.54, 1.807) is 18.2 Å². The molecule has 174 valence electrons. The lowest BCUT2D eigenvalue weighted by atomic mass is 10.1. The van der Waals surface area contributed by atoms with E-state index in [1.807, 2.05) is 0 Å². The Labute approximate surface area is 180 Å². The molecule has 1 unspecified atom stereocenters. The van der Waals surface area contributed by atoms with Gasteiger partial charge in [-0.25, -0.2) is 13.8 Å². The van der Waals surface area contributed by atoms with Gasteiger partial charge in [-0.05, 0) is 18.6 Å². The van der Waals surface area contributed by atoms with E-state index in [0.29, 0.717) is 23.4 Å². The third-order valence-electron chi connectivity index (χ3n) is 4.80. The van der Waals surface area contributed by atoms with Crippen LogP contribution in [0.4, 0.5) is 45.1 Å². The molecule has 1 amide bonds. The minimum absolute atomic E-state index is 0.0218. The highest BCUT2D eigenvalue weighted by Gasteiger charge is 2.34. The van der Waals surface area contributed by atoms with E-state index in [1.165, 1.54) is 4.90 Å². The normalized spacial score (nSPS) is 14.4. The zero-order chi connectivity index (χ0) is 23.5. The minimum Gasteiger partial charge on any atom is -0.365 e. The topological polar surface area (TPSA) is 122 Å². The van der Waals surface area contributed by atoms with Gasteiger partial charge in [0, 0.05) is 48.7 Å². The molecule has 2 heterocycles. The molecule has 1 aromatic heterocycles. The van der Waals surface area contributed by atoms with Crippen LogP contribution >= 0.6 is 0 Å². The Hall–Kier alpha value is -3.22. The van der Waals surface area contributed by atoms with Gasteiger partial charge in [0.15, 0.2) is 0 Å². The molecular formula is C19H22F5N7O. The van der Waals surface area contributed by atoms with E-state index in [9.17, 15) is 26.7 Å². The van der Waals surface area contributed by atoms with Crippen molar-refractivity contribution in [2.45, 2.75) is 31.5 Å². The van der Waals surface area contributed by atoms with E-state index >= 15 is 0 Å². The number of hydrogen-bond donors (Lipinski definition) is 4. The van der Waals surface area contributed by atoms with Crippen LogP contribution in [-0.4, -0.2) is 54.2 Å². The van der Waals surface area contributed by atoms with E-state index in [0.717, 1.165) is 6.20 Å². The second kappa shape index (κ2) is 9.51. The van der Waals surface area contributed by atoms with Crippen LogP contribution in [0.25, 0.3) is 0 Å². The second-order valence-electron chi connectivity index (χ2n) is 7.30. The van der Waals surface area contributed by atoms with Crippen molar-refractivity contribution >= 4 is 29.0 Å². The summed E-state index contributed by atoms with van der Waals surface area (Å²) in [5, 5.41) is 5.67. The fourth-order valence-electron chi connectivity index (χ4n) is 3.40. The molecule has 0 saturated heterocycles. The maximum atomic E-state index is 12.9. The average Bonchev–Trinajstić information content (AvgIpc) is 3.08. The van der Waals surface area contributed by atoms with Crippen LogP contribution in [0.1, 0.15) is 22.3 Å². The highest BCUT2D eigenvalue weighted by molar-refractivity contribution is 5.98. The van der Waals surface area contributed by atoms with Crippen LogP contribution in [0.2, 0.25) is 0 Å². The number of carbonyl (C=O) groups is 1. The van der Waals surface area contributed by atoms with Gasteiger partial charge in [0.1, 0.15) is 17.9 Å². The maximum absolute atomic E-state index is 12.9. The van der Waals surface area contributed by atoms with Crippen molar-refractivity contribution in [3.8, 4) is 0 Å². The summed E-state index contributed by atoms with van der Waals surface area (Å²) in [6.45, 7) is -0.919. The van der Waals surface area contributed by atoms with Crippen LogP contribution in [0.3, 0.4) is 0 Å². The number of nitrogens with one attached hydrogen (secondary N) is 2. The molecule has 0 spiro atoms. The maximum Gasteiger partial charge on any atom is 0.405 e. The van der Waals surface area contributed by atoms with Crippen molar-refractivity contribution in [2.75, 3.05) is 35.2 Å². The summed E-state index contributed by atoms with van der Waals surface area (Å²) in [5.74, 6) is -0.770. The molecule has 0 aliphatic carbocycles. The standard InChI is InChI=1S/C19H22F5N7O/c20-15(21)6-10(25)7-27-18-28-8-12(16(26)32)17(30-18)29-13-2-1-3-14-11(13)4-5-31(14)9-19(22,23)24/h1-3,8,10,15H,4-7,9,25H2,(H2,26,32)(H2,27,28,29,30). The summed E-state index contributed by atoms with van der Waals surface area (Å²) in [6.07, 6.45) is -5.89. The number of alkyl halides is 5. The molecule has 1 aliphatic heterocycles. The SMILES string of the molecule is NC(=O)c1cnc(NCC(N)CC(F)F)nc1Nc1cccc2c1CCN2CC(F)(F)F. The summed E-state index contributed by atoms with van der Waals surface area (Å²) < 4.78 is 63.4. The second-order valence-corrected chi connectivity index (χ2v) is 7.30. The summed E-state index contributed by atoms with van der Waals surface area (Å²) in [7, 11) is 0. The number of nitrogens with zero attached hydrogens (tertiary/aromatic N) is 3. The number of anilines is 4. The predicted octanol–water partition coefficient (Wildman–Crippen LogP) is 2.64. The van der Waals surface area contributed by atoms with Crippen molar-refractivity contribution in [1.82, 2.24) is 9.97 Å². The Kier molecular flexibility index (Phi) is 6.96. The molecule has 0 saturated carbocycles. The molecule has 3 rings (SSSR count). The van der Waals surface area contributed by atoms with Crippen molar-refractivity contribution < 1.29 is 26.7 Å². The van der Waals surface area contributed by atoms with Gasteiger partial charge in [0.25, 0.3) is 5.91 Å². The lowest BCUT2D eigenvalue weighted by Gasteiger charge is -2.21. The molecule has 32 heavy (non-hydrogen) atoms. The number of carbonyl (C=O) groups excluding carboxylic acids is 1. The van der Waals surface area contributed by atoms with Gasteiger partial charge in [0.05, 0.1) is 0 Å². The summed E-state index contributed by atoms with van der Waals surface area (Å²) in [6, 6.07) is 3.98. The van der Waals surface area contributed by atoms with Crippen LogP contribution in [-0.2, 0) is 6.42 Å². The fraction of sp³-hybridized carbons (Fsp3) is 0.421. The zero-order valence-corrected chi connectivity index (χ0v) is 16.8. The first-order valence-electron chi connectivity index (χ1n) is 9.68. The smallest absolute Gasteiger partial charge is 0.365 e. The molecule has 0 bridgehead atoms. The molecule has 1 atom stereocenters. The highest BCUT2D eigenvalue weighted by atomic mass is 19.4. The Morgan fingerprint density at radius 2 is 2.03 bits per heavy atom. The fourth-order valence-corrected chi connectivity index (χ4v) is 3.40. The first-order chi connectivity index (χ1) is 15.0. The summed E-state index contributed by atoms with van der Waals surface area (Å²) >= 11 is 0. The van der Waals surface area contributed by atoms with Gasteiger partial charge in [-0.1, -0.05) is 6.07 Å². The number of primary amides is 1. The Bertz CT molecular complexity index is 970. The first-order valence-corrected chi connectivity index (χ1v) is 9.68. The molecule has 6 N–H and O–H groups in total. The van der Waals surface area contributed by atoms with E-state index in [-0.39, 0.29) is 30.4 Å². The van der Waals surface area contributed by atoms with Crippen LogP contribution in [0.15, 0.2) is 24.4 Å². The van der Waals surface area contributed by atoms with Gasteiger partial charge < -0.3 is 27.0 Å². The van der Waals surface area contributed by atoms with Crippen molar-refractivity contribution in [2.24, 2.45) is 11.5 Å². The number of aromatic nitrogens is 2. The molecule has 13 heteroatoms. The zero-order valence-electron chi connectivity index (χ0n) is 16.8. The summed E-state index contributed by atoms with van der Waals surface area (Å²) in [5.41, 5.74) is 12.5. The third-order valence-corrected chi connectivity index (χ3v) is 4.80. The van der Waals surface area contributed by atoms with E-state index in [4.69, 9.17) is 11.5 Å². The molecule has 0 radical (unpaired) electrons. The van der Waals surface area contributed by atoms with Gasteiger partial charge >= 0.3 is 6.18 Å². The quantitative estimate of drug-likeness (QED) is 0.425. The van der Waals surface area contributed by atoms with E-state index in [2.05, 4.69) is 20.6 Å². The number of benzene rings is 1. The van der Waals surface area contributed by atoms with Crippen LogP contribution in [0, 0.1) is 0 Å². The first kappa shape index (κ1) is 23.4. The lowest BCUT2D eigenvalue weighted by Crippen LogP contribution is -2.32. The van der Waals surface area contributed by atoms with Crippen LogP contribution in [0.5, 0.6) is 0 Å². The van der Waals surface area contributed by atoms with E-state index < -0.39 is 37.5 Å². The largest absolute Gasteiger partial charge is 0.405 e. The molecule has 1 aliphatic rings. The summed E-state index contributed by atoms with van der Waals surface area (Å²) in [4.78, 5) is 21.1. The minimum atomic E-state index is -4.34. The Morgan fingerprint density at radius 1 is 1.28 bits per heavy atom. The van der Waals surface area contributed by atoms with Gasteiger partial charge in [-0.2, -0.15) is 18.2 Å². The molecule has 0 fully saturated rings. The number of hydrogen-bond acceptors (Lipinski definition) is 7. The number of amides is 1. The van der Waals surface area contributed by atoms with Crippen molar-refractivity contribution in [3.05, 3.63) is 35.5 Å². The third kappa shape index (κ3) is 5.93. The number of nitrogens with two attached hydrogens (primary N) is 2. The Morgan fingerprint density at radius 3 is 2.69 bits per heavy atom. The van der Waals surface area contributed by atoms with Crippen LogP contribution < -0.4 is 27.0 Å².